The Morgan fingerprint density at radius 3 is 1.90 bits per heavy atom. The molecule has 6 nitrogen and oxygen atoms in total. The highest BCUT2D eigenvalue weighted by molar-refractivity contribution is 7.80. The highest BCUT2D eigenvalue weighted by Gasteiger charge is 2.15. The zero-order valence-corrected chi connectivity index (χ0v) is 13.0. The summed E-state index contributed by atoms with van der Waals surface area (Å²) in [4.78, 5) is 23.7. The van der Waals surface area contributed by atoms with Crippen molar-refractivity contribution in [1.82, 2.24) is 5.32 Å². The summed E-state index contributed by atoms with van der Waals surface area (Å²) in [5, 5.41) is 5.99. The smallest absolute Gasteiger partial charge is 0.338 e. The van der Waals surface area contributed by atoms with Crippen LogP contribution in [0.3, 0.4) is 0 Å². The Morgan fingerprint density at radius 2 is 1.52 bits per heavy atom. The van der Waals surface area contributed by atoms with Gasteiger partial charge < -0.3 is 20.1 Å². The Hall–Kier alpha value is -2.15. The number of hydrogen-bond donors (Lipinski definition) is 2. The van der Waals surface area contributed by atoms with E-state index in [1.54, 1.807) is 33.0 Å². The van der Waals surface area contributed by atoms with Crippen LogP contribution < -0.4 is 10.6 Å². The minimum Gasteiger partial charge on any atom is -0.462 e. The largest absolute Gasteiger partial charge is 0.462 e. The summed E-state index contributed by atoms with van der Waals surface area (Å²) in [6.45, 7) is 3.92. The van der Waals surface area contributed by atoms with Crippen molar-refractivity contribution in [2.45, 2.75) is 13.8 Å². The maximum atomic E-state index is 11.8. The molecule has 2 N–H and O–H groups in total. The molecule has 0 atom stereocenters. The third-order valence-electron chi connectivity index (χ3n) is 2.44. The average molecular weight is 310 g/mol. The van der Waals surface area contributed by atoms with Crippen LogP contribution in [-0.4, -0.2) is 37.3 Å². The lowest BCUT2D eigenvalue weighted by Crippen LogP contribution is -2.24. The Labute approximate surface area is 128 Å². The first kappa shape index (κ1) is 16.9. The standard InChI is InChI=1S/C14H18N2O4S/c1-4-19-12(17)9-6-10(13(18)20-5-2)8-11(7-9)16-14(21)15-3/h6-8H,4-5H2,1-3H3,(H2,15,16,21). The molecule has 1 aromatic carbocycles. The maximum Gasteiger partial charge on any atom is 0.338 e. The van der Waals surface area contributed by atoms with Crippen molar-refractivity contribution in [1.29, 1.82) is 0 Å². The molecule has 0 bridgehead atoms. The number of benzene rings is 1. The van der Waals surface area contributed by atoms with E-state index < -0.39 is 11.9 Å². The monoisotopic (exact) mass is 310 g/mol. The number of rotatable bonds is 5. The molecular formula is C14H18N2O4S. The highest BCUT2D eigenvalue weighted by atomic mass is 32.1. The number of anilines is 1. The van der Waals surface area contributed by atoms with Gasteiger partial charge in [-0.3, -0.25) is 0 Å². The predicted octanol–water partition coefficient (Wildman–Crippen LogP) is 1.96. The SMILES string of the molecule is CCOC(=O)c1cc(NC(=S)NC)cc(C(=O)OCC)c1. The van der Waals surface area contributed by atoms with E-state index in [2.05, 4.69) is 10.6 Å². The number of ether oxygens (including phenoxy) is 2. The molecule has 114 valence electrons. The van der Waals surface area contributed by atoms with Crippen molar-refractivity contribution in [2.24, 2.45) is 0 Å². The molecule has 0 saturated heterocycles. The molecular weight excluding hydrogens is 292 g/mol. The van der Waals surface area contributed by atoms with Crippen LogP contribution >= 0.6 is 12.2 Å². The van der Waals surface area contributed by atoms with E-state index in [-0.39, 0.29) is 24.3 Å². The molecule has 0 aliphatic rings. The van der Waals surface area contributed by atoms with Gasteiger partial charge in [0.1, 0.15) is 0 Å². The van der Waals surface area contributed by atoms with Crippen LogP contribution in [0, 0.1) is 0 Å². The van der Waals surface area contributed by atoms with Gasteiger partial charge in [0.25, 0.3) is 0 Å². The van der Waals surface area contributed by atoms with Gasteiger partial charge in [-0.1, -0.05) is 0 Å². The molecule has 0 saturated carbocycles. The molecule has 1 rings (SSSR count). The maximum absolute atomic E-state index is 11.8. The van der Waals surface area contributed by atoms with Crippen molar-refractivity contribution in [3.63, 3.8) is 0 Å². The van der Waals surface area contributed by atoms with Crippen LogP contribution in [0.5, 0.6) is 0 Å². The van der Waals surface area contributed by atoms with E-state index in [1.165, 1.54) is 6.07 Å². The van der Waals surface area contributed by atoms with Gasteiger partial charge in [-0.05, 0) is 44.3 Å². The molecule has 0 fully saturated rings. The van der Waals surface area contributed by atoms with E-state index in [9.17, 15) is 9.59 Å². The Morgan fingerprint density at radius 1 is 1.05 bits per heavy atom. The molecule has 0 aliphatic heterocycles. The summed E-state index contributed by atoms with van der Waals surface area (Å²) < 4.78 is 9.88. The fourth-order valence-corrected chi connectivity index (χ4v) is 1.68. The molecule has 0 aromatic heterocycles. The molecule has 0 unspecified atom stereocenters. The topological polar surface area (TPSA) is 76.7 Å². The molecule has 0 radical (unpaired) electrons. The van der Waals surface area contributed by atoms with Crippen LogP contribution in [0.4, 0.5) is 5.69 Å². The normalized spacial score (nSPS) is 9.67. The van der Waals surface area contributed by atoms with Crippen molar-refractivity contribution in [3.8, 4) is 0 Å². The lowest BCUT2D eigenvalue weighted by Gasteiger charge is -2.11. The number of thiocarbonyl (C=S) groups is 1. The van der Waals surface area contributed by atoms with E-state index in [0.29, 0.717) is 10.8 Å². The number of hydrogen-bond acceptors (Lipinski definition) is 5. The van der Waals surface area contributed by atoms with Gasteiger partial charge in [0, 0.05) is 12.7 Å². The van der Waals surface area contributed by atoms with Gasteiger partial charge >= 0.3 is 11.9 Å². The Bertz CT molecular complexity index is 510. The van der Waals surface area contributed by atoms with Crippen LogP contribution in [-0.2, 0) is 9.47 Å². The molecule has 1 aromatic rings. The molecule has 0 heterocycles. The lowest BCUT2D eigenvalue weighted by atomic mass is 10.1. The minimum atomic E-state index is -0.512. The van der Waals surface area contributed by atoms with Crippen LogP contribution in [0.15, 0.2) is 18.2 Å². The quantitative estimate of drug-likeness (QED) is 0.636. The zero-order chi connectivity index (χ0) is 15.8. The number of esters is 2. The summed E-state index contributed by atoms with van der Waals surface area (Å²) in [7, 11) is 1.66. The summed E-state index contributed by atoms with van der Waals surface area (Å²) in [6.07, 6.45) is 0. The molecule has 0 spiro atoms. The summed E-state index contributed by atoms with van der Waals surface area (Å²) in [5.41, 5.74) is 1.01. The average Bonchev–Trinajstić information content (AvgIpc) is 2.47. The summed E-state index contributed by atoms with van der Waals surface area (Å²) in [6, 6.07) is 4.55. The lowest BCUT2D eigenvalue weighted by molar-refractivity contribution is 0.0525. The van der Waals surface area contributed by atoms with Gasteiger partial charge in [-0.15, -0.1) is 0 Å². The van der Waals surface area contributed by atoms with Gasteiger partial charge in [0.05, 0.1) is 24.3 Å². The van der Waals surface area contributed by atoms with E-state index >= 15 is 0 Å². The molecule has 0 aliphatic carbocycles. The third-order valence-corrected chi connectivity index (χ3v) is 2.75. The second-order valence-corrected chi connectivity index (χ2v) is 4.35. The van der Waals surface area contributed by atoms with Crippen molar-refractivity contribution < 1.29 is 19.1 Å². The first-order chi connectivity index (χ1) is 10.0. The summed E-state index contributed by atoms with van der Waals surface area (Å²) in [5.74, 6) is -1.02. The van der Waals surface area contributed by atoms with Crippen LogP contribution in [0.25, 0.3) is 0 Å². The molecule has 7 heteroatoms. The van der Waals surface area contributed by atoms with Gasteiger partial charge in [0.2, 0.25) is 0 Å². The van der Waals surface area contributed by atoms with E-state index in [4.69, 9.17) is 21.7 Å². The zero-order valence-electron chi connectivity index (χ0n) is 12.2. The van der Waals surface area contributed by atoms with Crippen molar-refractivity contribution >= 4 is 35.0 Å². The number of carbonyl (C=O) groups is 2. The summed E-state index contributed by atoms with van der Waals surface area (Å²) >= 11 is 5.00. The van der Waals surface area contributed by atoms with Gasteiger partial charge in [-0.2, -0.15) is 0 Å². The first-order valence-corrected chi connectivity index (χ1v) is 6.90. The fourth-order valence-electron chi connectivity index (χ4n) is 1.56. The third kappa shape index (κ3) is 5.03. The van der Waals surface area contributed by atoms with E-state index in [0.717, 1.165) is 0 Å². The van der Waals surface area contributed by atoms with Gasteiger partial charge in [-0.25, -0.2) is 9.59 Å². The fraction of sp³-hybridized carbons (Fsp3) is 0.357. The van der Waals surface area contributed by atoms with Crippen LogP contribution in [0.2, 0.25) is 0 Å². The first-order valence-electron chi connectivity index (χ1n) is 6.49. The van der Waals surface area contributed by atoms with Crippen molar-refractivity contribution in [2.75, 3.05) is 25.6 Å². The number of nitrogens with one attached hydrogen (secondary N) is 2. The Kier molecular flexibility index (Phi) is 6.61. The van der Waals surface area contributed by atoms with Crippen LogP contribution in [0.1, 0.15) is 34.6 Å². The Balaban J connectivity index is 3.15. The second kappa shape index (κ2) is 8.21. The molecule has 21 heavy (non-hydrogen) atoms. The highest BCUT2D eigenvalue weighted by Crippen LogP contribution is 2.17. The second-order valence-electron chi connectivity index (χ2n) is 3.94. The molecule has 0 amide bonds. The van der Waals surface area contributed by atoms with Crippen molar-refractivity contribution in [3.05, 3.63) is 29.3 Å². The predicted molar refractivity (Wildman–Crippen MR) is 83.6 cm³/mol. The number of carbonyl (C=O) groups excluding carboxylic acids is 2. The van der Waals surface area contributed by atoms with Gasteiger partial charge in [0.15, 0.2) is 5.11 Å². The van der Waals surface area contributed by atoms with E-state index in [1.807, 2.05) is 0 Å². The minimum absolute atomic E-state index is 0.250.